The number of nitrogens with two attached hydrogens (primary N) is 1. The number of para-hydroxylation sites is 1. The van der Waals surface area contributed by atoms with Gasteiger partial charge in [-0.1, -0.05) is 18.7 Å². The largest absolute Gasteiger partial charge is 0.493 e. The summed E-state index contributed by atoms with van der Waals surface area (Å²) >= 11 is 0. The number of ether oxygens (including phenoxy) is 4. The highest BCUT2D eigenvalue weighted by Crippen LogP contribution is 2.45. The Kier molecular flexibility index (Phi) is 6.72. The average Bonchev–Trinajstić information content (AvgIpc) is 2.65. The Labute approximate surface area is 164 Å². The topological polar surface area (TPSA) is 104 Å². The molecule has 0 aromatic heterocycles. The minimum Gasteiger partial charge on any atom is -0.493 e. The van der Waals surface area contributed by atoms with Crippen LogP contribution in [0.2, 0.25) is 0 Å². The molecule has 1 aliphatic rings. The average molecular weight is 384 g/mol. The summed E-state index contributed by atoms with van der Waals surface area (Å²) in [6.45, 7) is 9.40. The zero-order chi connectivity index (χ0) is 20.8. The standard InChI is InChI=1S/C21H24N2O5/c1-6-26-21(24)17-13(4)28-20(23)15(10-22)18(17)14-8-7-9-16(25-5)19(14)27-11-12(2)3/h7-9,18H,2,6,11,23H2,1,3-5H3. The summed E-state index contributed by atoms with van der Waals surface area (Å²) in [5.74, 6) is -0.329. The number of rotatable bonds is 7. The zero-order valence-corrected chi connectivity index (χ0v) is 16.5. The van der Waals surface area contributed by atoms with Crippen LogP contribution in [0.25, 0.3) is 0 Å². The lowest BCUT2D eigenvalue weighted by Crippen LogP contribution is -2.26. The van der Waals surface area contributed by atoms with E-state index in [1.807, 2.05) is 6.92 Å². The summed E-state index contributed by atoms with van der Waals surface area (Å²) in [7, 11) is 1.51. The van der Waals surface area contributed by atoms with Crippen LogP contribution in [0.1, 0.15) is 32.3 Å². The molecule has 2 N–H and O–H groups in total. The lowest BCUT2D eigenvalue weighted by molar-refractivity contribution is -0.139. The number of carbonyl (C=O) groups is 1. The molecule has 1 unspecified atom stereocenters. The summed E-state index contributed by atoms with van der Waals surface area (Å²) in [5.41, 5.74) is 7.59. The minimum absolute atomic E-state index is 0.0632. The molecule has 0 saturated heterocycles. The highest BCUT2D eigenvalue weighted by atomic mass is 16.5. The molecule has 1 atom stereocenters. The summed E-state index contributed by atoms with van der Waals surface area (Å²) in [6, 6.07) is 7.29. The van der Waals surface area contributed by atoms with Crippen LogP contribution in [0.15, 0.2) is 53.1 Å². The van der Waals surface area contributed by atoms with Crippen molar-refractivity contribution in [1.82, 2.24) is 0 Å². The van der Waals surface area contributed by atoms with Crippen LogP contribution in [0.5, 0.6) is 11.5 Å². The van der Waals surface area contributed by atoms with Gasteiger partial charge in [0, 0.05) is 5.56 Å². The number of hydrogen-bond donors (Lipinski definition) is 1. The smallest absolute Gasteiger partial charge is 0.338 e. The molecule has 0 aliphatic carbocycles. The summed E-state index contributed by atoms with van der Waals surface area (Å²) in [4.78, 5) is 12.7. The maximum Gasteiger partial charge on any atom is 0.338 e. The molecule has 7 heteroatoms. The van der Waals surface area contributed by atoms with E-state index in [0.717, 1.165) is 5.57 Å². The van der Waals surface area contributed by atoms with E-state index in [-0.39, 0.29) is 36.0 Å². The van der Waals surface area contributed by atoms with Gasteiger partial charge in [0.25, 0.3) is 0 Å². The van der Waals surface area contributed by atoms with E-state index in [4.69, 9.17) is 24.7 Å². The Morgan fingerprint density at radius 2 is 2.14 bits per heavy atom. The highest BCUT2D eigenvalue weighted by Gasteiger charge is 2.38. The molecule has 1 aromatic rings. The molecule has 1 heterocycles. The first kappa shape index (κ1) is 20.9. The van der Waals surface area contributed by atoms with E-state index in [1.54, 1.807) is 32.0 Å². The van der Waals surface area contributed by atoms with Crippen LogP contribution in [-0.4, -0.2) is 26.3 Å². The second-order valence-corrected chi connectivity index (χ2v) is 6.24. The third-order valence-corrected chi connectivity index (χ3v) is 4.10. The summed E-state index contributed by atoms with van der Waals surface area (Å²) in [5, 5.41) is 9.72. The first-order valence-electron chi connectivity index (χ1n) is 8.75. The number of carbonyl (C=O) groups excluding carboxylic acids is 1. The molecule has 1 aromatic carbocycles. The van der Waals surface area contributed by atoms with Gasteiger partial charge in [0.1, 0.15) is 24.0 Å². The van der Waals surface area contributed by atoms with E-state index in [0.29, 0.717) is 17.1 Å². The van der Waals surface area contributed by atoms with Crippen LogP contribution in [0.4, 0.5) is 0 Å². The lowest BCUT2D eigenvalue weighted by atomic mass is 9.82. The maximum atomic E-state index is 12.7. The number of nitriles is 1. The fourth-order valence-corrected chi connectivity index (χ4v) is 2.94. The fraction of sp³-hybridized carbons (Fsp3) is 0.333. The number of hydrogen-bond acceptors (Lipinski definition) is 7. The Balaban J connectivity index is 2.72. The second kappa shape index (κ2) is 9.00. The van der Waals surface area contributed by atoms with Crippen molar-refractivity contribution >= 4 is 5.97 Å². The molecule has 0 saturated carbocycles. The minimum atomic E-state index is -0.812. The Bertz CT molecular complexity index is 893. The molecule has 0 fully saturated rings. The van der Waals surface area contributed by atoms with Crippen molar-refractivity contribution in [1.29, 1.82) is 5.26 Å². The lowest BCUT2D eigenvalue weighted by Gasteiger charge is -2.28. The van der Waals surface area contributed by atoms with Gasteiger partial charge in [-0.15, -0.1) is 0 Å². The normalized spacial score (nSPS) is 16.2. The number of benzene rings is 1. The molecule has 148 valence electrons. The number of methoxy groups -OCH3 is 1. The number of allylic oxidation sites excluding steroid dienone is 2. The van der Waals surface area contributed by atoms with Gasteiger partial charge in [0.15, 0.2) is 11.5 Å². The van der Waals surface area contributed by atoms with Crippen molar-refractivity contribution in [2.24, 2.45) is 5.73 Å². The molecule has 0 spiro atoms. The van der Waals surface area contributed by atoms with Gasteiger partial charge in [-0.2, -0.15) is 5.26 Å². The van der Waals surface area contributed by atoms with Gasteiger partial charge >= 0.3 is 5.97 Å². The molecule has 0 radical (unpaired) electrons. The van der Waals surface area contributed by atoms with Crippen LogP contribution in [-0.2, 0) is 14.3 Å². The van der Waals surface area contributed by atoms with E-state index in [9.17, 15) is 10.1 Å². The molecular weight excluding hydrogens is 360 g/mol. The molecule has 1 aliphatic heterocycles. The Morgan fingerprint density at radius 1 is 1.43 bits per heavy atom. The molecular formula is C21H24N2O5. The quantitative estimate of drug-likeness (QED) is 0.568. The van der Waals surface area contributed by atoms with E-state index < -0.39 is 11.9 Å². The van der Waals surface area contributed by atoms with E-state index in [2.05, 4.69) is 12.6 Å². The third kappa shape index (κ3) is 4.12. The van der Waals surface area contributed by atoms with Crippen LogP contribution < -0.4 is 15.2 Å². The SMILES string of the molecule is C=C(C)COc1c(OC)cccc1C1C(C#N)=C(N)OC(C)=C1C(=O)OCC. The van der Waals surface area contributed by atoms with Gasteiger partial charge < -0.3 is 24.7 Å². The molecule has 2 rings (SSSR count). The van der Waals surface area contributed by atoms with Gasteiger partial charge in [0.2, 0.25) is 5.88 Å². The number of nitrogens with zero attached hydrogens (tertiary/aromatic N) is 1. The van der Waals surface area contributed by atoms with E-state index in [1.165, 1.54) is 7.11 Å². The van der Waals surface area contributed by atoms with Gasteiger partial charge in [0.05, 0.1) is 25.2 Å². The van der Waals surface area contributed by atoms with Crippen LogP contribution in [0, 0.1) is 11.3 Å². The summed E-state index contributed by atoms with van der Waals surface area (Å²) in [6.07, 6.45) is 0. The van der Waals surface area contributed by atoms with Crippen LogP contribution >= 0.6 is 0 Å². The van der Waals surface area contributed by atoms with Crippen molar-refractivity contribution in [3.8, 4) is 17.6 Å². The van der Waals surface area contributed by atoms with Gasteiger partial charge in [-0.05, 0) is 32.4 Å². The van der Waals surface area contributed by atoms with Crippen molar-refractivity contribution in [2.75, 3.05) is 20.3 Å². The molecule has 28 heavy (non-hydrogen) atoms. The molecule has 7 nitrogen and oxygen atoms in total. The van der Waals surface area contributed by atoms with Crippen LogP contribution in [0.3, 0.4) is 0 Å². The highest BCUT2D eigenvalue weighted by molar-refractivity contribution is 5.93. The van der Waals surface area contributed by atoms with Crippen molar-refractivity contribution in [3.05, 3.63) is 58.7 Å². The second-order valence-electron chi connectivity index (χ2n) is 6.24. The maximum absolute atomic E-state index is 12.7. The third-order valence-electron chi connectivity index (χ3n) is 4.10. The van der Waals surface area contributed by atoms with Crippen molar-refractivity contribution in [2.45, 2.75) is 26.7 Å². The monoisotopic (exact) mass is 384 g/mol. The van der Waals surface area contributed by atoms with Crippen molar-refractivity contribution < 1.29 is 23.7 Å². The molecule has 0 amide bonds. The predicted molar refractivity (Wildman–Crippen MR) is 103 cm³/mol. The Hall–Kier alpha value is -3.40. The van der Waals surface area contributed by atoms with Gasteiger partial charge in [-0.25, -0.2) is 4.79 Å². The Morgan fingerprint density at radius 3 is 2.71 bits per heavy atom. The summed E-state index contributed by atoms with van der Waals surface area (Å²) < 4.78 is 22.0. The van der Waals surface area contributed by atoms with Gasteiger partial charge in [-0.3, -0.25) is 0 Å². The number of esters is 1. The predicted octanol–water partition coefficient (Wildman–Crippen LogP) is 3.29. The first-order valence-corrected chi connectivity index (χ1v) is 8.75. The first-order chi connectivity index (χ1) is 13.3. The van der Waals surface area contributed by atoms with E-state index >= 15 is 0 Å². The van der Waals surface area contributed by atoms with Crippen molar-refractivity contribution in [3.63, 3.8) is 0 Å². The fourth-order valence-electron chi connectivity index (χ4n) is 2.94. The molecule has 0 bridgehead atoms. The zero-order valence-electron chi connectivity index (χ0n) is 16.5.